The number of alkyl halides is 2. The predicted molar refractivity (Wildman–Crippen MR) is 46.9 cm³/mol. The largest absolute Gasteiger partial charge is 0.466 e. The average Bonchev–Trinajstić information content (AvgIpc) is 2.67. The molecule has 1 unspecified atom stereocenters. The van der Waals surface area contributed by atoms with Gasteiger partial charge >= 0.3 is 5.97 Å². The van der Waals surface area contributed by atoms with E-state index >= 15 is 0 Å². The molecular weight excluding hydrogens is 192 g/mol. The fourth-order valence-electron chi connectivity index (χ4n) is 1.55. The molecule has 0 amide bonds. The standard InChI is InChI=1S/C9H15F2NO2/c1-2-14-7(13)3-4-8(6-12)5-9(8,10)11/h2-6,12H2,1H3. The van der Waals surface area contributed by atoms with E-state index < -0.39 is 17.3 Å². The Hall–Kier alpha value is -0.710. The van der Waals surface area contributed by atoms with Crippen LogP contribution in [-0.4, -0.2) is 25.0 Å². The van der Waals surface area contributed by atoms with Crippen molar-refractivity contribution in [3.8, 4) is 0 Å². The third kappa shape index (κ3) is 2.03. The van der Waals surface area contributed by atoms with E-state index in [4.69, 9.17) is 5.73 Å². The molecule has 0 aromatic heterocycles. The molecular formula is C9H15F2NO2. The van der Waals surface area contributed by atoms with E-state index in [2.05, 4.69) is 4.74 Å². The molecule has 2 N–H and O–H groups in total. The van der Waals surface area contributed by atoms with Gasteiger partial charge in [0.1, 0.15) is 0 Å². The highest BCUT2D eigenvalue weighted by Crippen LogP contribution is 2.62. The minimum atomic E-state index is -2.69. The molecule has 1 rings (SSSR count). The number of carbonyl (C=O) groups excluding carboxylic acids is 1. The van der Waals surface area contributed by atoms with E-state index in [0.29, 0.717) is 0 Å². The minimum Gasteiger partial charge on any atom is -0.466 e. The number of hydrogen-bond donors (Lipinski definition) is 1. The molecule has 1 saturated carbocycles. The van der Waals surface area contributed by atoms with Gasteiger partial charge in [0.25, 0.3) is 5.92 Å². The molecule has 3 nitrogen and oxygen atoms in total. The number of halogens is 2. The van der Waals surface area contributed by atoms with Crippen molar-refractivity contribution in [2.45, 2.75) is 32.1 Å². The van der Waals surface area contributed by atoms with Crippen LogP contribution in [0.2, 0.25) is 0 Å². The molecule has 5 heteroatoms. The van der Waals surface area contributed by atoms with Crippen LogP contribution in [0.15, 0.2) is 0 Å². The van der Waals surface area contributed by atoms with Gasteiger partial charge in [-0.2, -0.15) is 0 Å². The van der Waals surface area contributed by atoms with Gasteiger partial charge in [0.15, 0.2) is 0 Å². The van der Waals surface area contributed by atoms with Crippen LogP contribution in [0.5, 0.6) is 0 Å². The van der Waals surface area contributed by atoms with Crippen LogP contribution >= 0.6 is 0 Å². The van der Waals surface area contributed by atoms with E-state index in [1.54, 1.807) is 6.92 Å². The third-order valence-electron chi connectivity index (χ3n) is 2.72. The highest BCUT2D eigenvalue weighted by Gasteiger charge is 2.69. The quantitative estimate of drug-likeness (QED) is 0.691. The number of nitrogens with two attached hydrogens (primary N) is 1. The number of esters is 1. The van der Waals surface area contributed by atoms with Crippen molar-refractivity contribution in [3.63, 3.8) is 0 Å². The maximum atomic E-state index is 12.9. The average molecular weight is 207 g/mol. The summed E-state index contributed by atoms with van der Waals surface area (Å²) < 4.78 is 30.4. The second-order valence-corrected chi connectivity index (χ2v) is 3.67. The Labute approximate surface area is 81.6 Å². The summed E-state index contributed by atoms with van der Waals surface area (Å²) in [5.74, 6) is -3.11. The Kier molecular flexibility index (Phi) is 3.09. The van der Waals surface area contributed by atoms with Gasteiger partial charge in [-0.3, -0.25) is 4.79 Å². The molecule has 0 radical (unpaired) electrons. The molecule has 0 heterocycles. The Morgan fingerprint density at radius 3 is 2.50 bits per heavy atom. The second-order valence-electron chi connectivity index (χ2n) is 3.67. The molecule has 82 valence electrons. The summed E-state index contributed by atoms with van der Waals surface area (Å²) in [6, 6.07) is 0. The molecule has 1 fully saturated rings. The molecule has 1 aliphatic rings. The van der Waals surface area contributed by atoms with E-state index in [0.717, 1.165) is 0 Å². The SMILES string of the molecule is CCOC(=O)CCC1(CN)CC1(F)F. The molecule has 0 spiro atoms. The Morgan fingerprint density at radius 2 is 2.14 bits per heavy atom. The van der Waals surface area contributed by atoms with Gasteiger partial charge in [0.2, 0.25) is 0 Å². The first-order valence-electron chi connectivity index (χ1n) is 4.71. The molecule has 1 aliphatic carbocycles. The number of ether oxygens (including phenoxy) is 1. The smallest absolute Gasteiger partial charge is 0.305 e. The van der Waals surface area contributed by atoms with E-state index in [9.17, 15) is 13.6 Å². The number of rotatable bonds is 5. The fourth-order valence-corrected chi connectivity index (χ4v) is 1.55. The molecule has 0 aliphatic heterocycles. The summed E-state index contributed by atoms with van der Waals surface area (Å²) in [6.45, 7) is 1.90. The van der Waals surface area contributed by atoms with Gasteiger partial charge in [0.05, 0.1) is 12.0 Å². The zero-order valence-corrected chi connectivity index (χ0v) is 8.19. The van der Waals surface area contributed by atoms with Crippen LogP contribution in [0.1, 0.15) is 26.2 Å². The van der Waals surface area contributed by atoms with E-state index in [1.807, 2.05) is 0 Å². The predicted octanol–water partition coefficient (Wildman–Crippen LogP) is 1.31. The van der Waals surface area contributed by atoms with Crippen molar-refractivity contribution < 1.29 is 18.3 Å². The topological polar surface area (TPSA) is 52.3 Å². The highest BCUT2D eigenvalue weighted by molar-refractivity contribution is 5.69. The van der Waals surface area contributed by atoms with Crippen molar-refractivity contribution in [2.24, 2.45) is 11.1 Å². The van der Waals surface area contributed by atoms with Crippen LogP contribution < -0.4 is 5.73 Å². The summed E-state index contributed by atoms with van der Waals surface area (Å²) in [7, 11) is 0. The zero-order valence-electron chi connectivity index (χ0n) is 8.19. The molecule has 0 bridgehead atoms. The Bertz CT molecular complexity index is 233. The minimum absolute atomic E-state index is 0.0284. The number of hydrogen-bond acceptors (Lipinski definition) is 3. The number of carbonyl (C=O) groups is 1. The zero-order chi connectivity index (χ0) is 10.8. The van der Waals surface area contributed by atoms with Crippen LogP contribution in [0, 0.1) is 5.41 Å². The van der Waals surface area contributed by atoms with Gasteiger partial charge in [-0.05, 0) is 13.3 Å². The molecule has 0 aromatic carbocycles. The van der Waals surface area contributed by atoms with Gasteiger partial charge in [-0.1, -0.05) is 0 Å². The van der Waals surface area contributed by atoms with Crippen LogP contribution in [0.4, 0.5) is 8.78 Å². The third-order valence-corrected chi connectivity index (χ3v) is 2.72. The van der Waals surface area contributed by atoms with Crippen LogP contribution in [-0.2, 0) is 9.53 Å². The van der Waals surface area contributed by atoms with Gasteiger partial charge in [-0.25, -0.2) is 8.78 Å². The van der Waals surface area contributed by atoms with E-state index in [-0.39, 0.29) is 32.4 Å². The molecule has 0 aromatic rings. The van der Waals surface area contributed by atoms with Crippen molar-refractivity contribution >= 4 is 5.97 Å². The fraction of sp³-hybridized carbons (Fsp3) is 0.889. The first kappa shape index (κ1) is 11.4. The highest BCUT2D eigenvalue weighted by atomic mass is 19.3. The van der Waals surface area contributed by atoms with Crippen molar-refractivity contribution in [2.75, 3.05) is 13.2 Å². The van der Waals surface area contributed by atoms with E-state index in [1.165, 1.54) is 0 Å². The van der Waals surface area contributed by atoms with Crippen molar-refractivity contribution in [1.82, 2.24) is 0 Å². The Balaban J connectivity index is 2.34. The molecule has 14 heavy (non-hydrogen) atoms. The lowest BCUT2D eigenvalue weighted by atomic mass is 10.00. The Morgan fingerprint density at radius 1 is 1.57 bits per heavy atom. The first-order chi connectivity index (χ1) is 6.47. The van der Waals surface area contributed by atoms with Crippen LogP contribution in [0.25, 0.3) is 0 Å². The summed E-state index contributed by atoms with van der Waals surface area (Å²) in [4.78, 5) is 10.9. The molecule has 0 saturated heterocycles. The van der Waals surface area contributed by atoms with Crippen molar-refractivity contribution in [1.29, 1.82) is 0 Å². The summed E-state index contributed by atoms with van der Waals surface area (Å²) in [5, 5.41) is 0. The summed E-state index contributed by atoms with van der Waals surface area (Å²) in [5.41, 5.74) is 4.13. The van der Waals surface area contributed by atoms with Gasteiger partial charge < -0.3 is 10.5 Å². The second kappa shape index (κ2) is 3.81. The summed E-state index contributed by atoms with van der Waals surface area (Å²) >= 11 is 0. The lowest BCUT2D eigenvalue weighted by Gasteiger charge is -2.12. The normalized spacial score (nSPS) is 28.6. The van der Waals surface area contributed by atoms with Crippen LogP contribution in [0.3, 0.4) is 0 Å². The van der Waals surface area contributed by atoms with Gasteiger partial charge in [-0.15, -0.1) is 0 Å². The maximum absolute atomic E-state index is 12.9. The monoisotopic (exact) mass is 207 g/mol. The van der Waals surface area contributed by atoms with Gasteiger partial charge in [0, 0.05) is 19.4 Å². The lowest BCUT2D eigenvalue weighted by molar-refractivity contribution is -0.143. The summed E-state index contributed by atoms with van der Waals surface area (Å²) in [6.07, 6.45) is -0.0497. The van der Waals surface area contributed by atoms with Crippen molar-refractivity contribution in [3.05, 3.63) is 0 Å². The maximum Gasteiger partial charge on any atom is 0.305 e. The molecule has 1 atom stereocenters. The lowest BCUT2D eigenvalue weighted by Crippen LogP contribution is -2.23. The first-order valence-corrected chi connectivity index (χ1v) is 4.71.